The summed E-state index contributed by atoms with van der Waals surface area (Å²) >= 11 is 0. The summed E-state index contributed by atoms with van der Waals surface area (Å²) in [6, 6.07) is 18.7. The third-order valence-corrected chi connectivity index (χ3v) is 3.78. The summed E-state index contributed by atoms with van der Waals surface area (Å²) < 4.78 is 5.78. The maximum Gasteiger partial charge on any atom is 0.119 e. The van der Waals surface area contributed by atoms with Crippen LogP contribution in [-0.4, -0.2) is 6.54 Å². The number of benzene rings is 2. The van der Waals surface area contributed by atoms with Gasteiger partial charge in [0.05, 0.1) is 0 Å². The minimum atomic E-state index is 0.620. The lowest BCUT2D eigenvalue weighted by Gasteiger charge is -2.07. The highest BCUT2D eigenvalue weighted by Gasteiger charge is 2.36. The first-order chi connectivity index (χ1) is 9.36. The van der Waals surface area contributed by atoms with E-state index in [4.69, 9.17) is 10.5 Å². The Morgan fingerprint density at radius 3 is 2.37 bits per heavy atom. The van der Waals surface area contributed by atoms with E-state index in [1.807, 2.05) is 18.2 Å². The van der Waals surface area contributed by atoms with E-state index in [1.54, 1.807) is 0 Å². The largest absolute Gasteiger partial charge is 0.489 e. The standard InChI is InChI=1S/C17H19NO/c18-11-15-10-17(15)14-6-8-16(9-7-14)19-12-13-4-2-1-3-5-13/h1-9,15,17H,10-12,18H2/t15-,17+/m1/s1. The second-order valence-corrected chi connectivity index (χ2v) is 5.18. The molecule has 0 radical (unpaired) electrons. The Bertz CT molecular complexity index is 521. The van der Waals surface area contributed by atoms with E-state index in [-0.39, 0.29) is 0 Å². The molecule has 1 aliphatic carbocycles. The summed E-state index contributed by atoms with van der Waals surface area (Å²) in [4.78, 5) is 0. The van der Waals surface area contributed by atoms with E-state index in [2.05, 4.69) is 36.4 Å². The van der Waals surface area contributed by atoms with E-state index >= 15 is 0 Å². The number of rotatable bonds is 5. The van der Waals surface area contributed by atoms with Crippen molar-refractivity contribution in [3.63, 3.8) is 0 Å². The molecule has 0 saturated heterocycles. The van der Waals surface area contributed by atoms with Crippen molar-refractivity contribution in [1.82, 2.24) is 0 Å². The zero-order valence-electron chi connectivity index (χ0n) is 11.0. The molecular formula is C17H19NO. The SMILES string of the molecule is NC[C@H]1C[C@H]1c1ccc(OCc2ccccc2)cc1. The van der Waals surface area contributed by atoms with Crippen LogP contribution in [0.1, 0.15) is 23.5 Å². The molecule has 0 spiro atoms. The third kappa shape index (κ3) is 2.96. The zero-order valence-corrected chi connectivity index (χ0v) is 11.0. The number of hydrogen-bond acceptors (Lipinski definition) is 2. The fourth-order valence-electron chi connectivity index (χ4n) is 2.47. The minimum Gasteiger partial charge on any atom is -0.489 e. The minimum absolute atomic E-state index is 0.620. The highest BCUT2D eigenvalue weighted by molar-refractivity contribution is 5.32. The lowest BCUT2D eigenvalue weighted by Crippen LogP contribution is -2.01. The Morgan fingerprint density at radius 1 is 1.00 bits per heavy atom. The predicted octanol–water partition coefficient (Wildman–Crippen LogP) is 3.33. The molecule has 0 unspecified atom stereocenters. The van der Waals surface area contributed by atoms with E-state index in [1.165, 1.54) is 17.5 Å². The van der Waals surface area contributed by atoms with Crippen LogP contribution in [-0.2, 0) is 6.61 Å². The molecule has 1 saturated carbocycles. The van der Waals surface area contributed by atoms with Crippen molar-refractivity contribution >= 4 is 0 Å². The molecule has 1 fully saturated rings. The first kappa shape index (κ1) is 12.2. The second kappa shape index (κ2) is 5.45. The van der Waals surface area contributed by atoms with Crippen LogP contribution >= 0.6 is 0 Å². The van der Waals surface area contributed by atoms with Gasteiger partial charge in [-0.25, -0.2) is 0 Å². The van der Waals surface area contributed by atoms with Gasteiger partial charge in [-0.1, -0.05) is 42.5 Å². The van der Waals surface area contributed by atoms with Crippen molar-refractivity contribution in [1.29, 1.82) is 0 Å². The highest BCUT2D eigenvalue weighted by atomic mass is 16.5. The third-order valence-electron chi connectivity index (χ3n) is 3.78. The van der Waals surface area contributed by atoms with Gasteiger partial charge >= 0.3 is 0 Å². The number of ether oxygens (including phenoxy) is 1. The molecule has 2 nitrogen and oxygen atoms in total. The van der Waals surface area contributed by atoms with Gasteiger partial charge in [0, 0.05) is 0 Å². The van der Waals surface area contributed by atoms with Gasteiger partial charge in [0.15, 0.2) is 0 Å². The molecule has 0 heterocycles. The first-order valence-electron chi connectivity index (χ1n) is 6.83. The molecular weight excluding hydrogens is 234 g/mol. The maximum absolute atomic E-state index is 5.78. The van der Waals surface area contributed by atoms with Gasteiger partial charge in [0.2, 0.25) is 0 Å². The molecule has 0 aromatic heterocycles. The summed E-state index contributed by atoms with van der Waals surface area (Å²) in [6.07, 6.45) is 1.24. The lowest BCUT2D eigenvalue weighted by atomic mass is 10.1. The zero-order chi connectivity index (χ0) is 13.1. The highest BCUT2D eigenvalue weighted by Crippen LogP contribution is 2.46. The van der Waals surface area contributed by atoms with Crippen molar-refractivity contribution in [3.05, 3.63) is 65.7 Å². The monoisotopic (exact) mass is 253 g/mol. The maximum atomic E-state index is 5.78. The fourth-order valence-corrected chi connectivity index (χ4v) is 2.47. The normalized spacial score (nSPS) is 21.1. The Hall–Kier alpha value is -1.80. The summed E-state index contributed by atoms with van der Waals surface area (Å²) in [6.45, 7) is 1.42. The van der Waals surface area contributed by atoms with Crippen LogP contribution in [0.15, 0.2) is 54.6 Å². The molecule has 2 atom stereocenters. The van der Waals surface area contributed by atoms with Crippen molar-refractivity contribution in [2.24, 2.45) is 11.7 Å². The summed E-state index contributed by atoms with van der Waals surface area (Å²) in [5.41, 5.74) is 8.26. The van der Waals surface area contributed by atoms with Crippen LogP contribution in [0.2, 0.25) is 0 Å². The molecule has 19 heavy (non-hydrogen) atoms. The van der Waals surface area contributed by atoms with Crippen molar-refractivity contribution in [2.75, 3.05) is 6.54 Å². The van der Waals surface area contributed by atoms with Crippen LogP contribution < -0.4 is 10.5 Å². The van der Waals surface area contributed by atoms with Crippen LogP contribution in [0.3, 0.4) is 0 Å². The first-order valence-corrected chi connectivity index (χ1v) is 6.83. The Labute approximate surface area is 114 Å². The van der Waals surface area contributed by atoms with Crippen LogP contribution in [0.4, 0.5) is 0 Å². The molecule has 98 valence electrons. The molecule has 2 N–H and O–H groups in total. The number of hydrogen-bond donors (Lipinski definition) is 1. The van der Waals surface area contributed by atoms with Gasteiger partial charge in [-0.05, 0) is 48.1 Å². The van der Waals surface area contributed by atoms with E-state index < -0.39 is 0 Å². The molecule has 0 aliphatic heterocycles. The average molecular weight is 253 g/mol. The Morgan fingerprint density at radius 2 is 1.74 bits per heavy atom. The van der Waals surface area contributed by atoms with Gasteiger partial charge in [-0.3, -0.25) is 0 Å². The molecule has 2 aromatic rings. The smallest absolute Gasteiger partial charge is 0.119 e. The van der Waals surface area contributed by atoms with Crippen LogP contribution in [0.5, 0.6) is 5.75 Å². The fraction of sp³-hybridized carbons (Fsp3) is 0.294. The average Bonchev–Trinajstić information content (AvgIpc) is 3.26. The summed E-state index contributed by atoms with van der Waals surface area (Å²) in [5.74, 6) is 2.29. The van der Waals surface area contributed by atoms with Crippen molar-refractivity contribution < 1.29 is 4.74 Å². The number of nitrogens with two attached hydrogens (primary N) is 1. The van der Waals surface area contributed by atoms with Crippen molar-refractivity contribution in [3.8, 4) is 5.75 Å². The van der Waals surface area contributed by atoms with E-state index in [0.29, 0.717) is 18.4 Å². The van der Waals surface area contributed by atoms with Gasteiger partial charge in [-0.15, -0.1) is 0 Å². The molecule has 2 heteroatoms. The molecule has 1 aliphatic rings. The van der Waals surface area contributed by atoms with E-state index in [9.17, 15) is 0 Å². The molecule has 2 aromatic carbocycles. The summed E-state index contributed by atoms with van der Waals surface area (Å²) in [5, 5.41) is 0. The lowest BCUT2D eigenvalue weighted by molar-refractivity contribution is 0.306. The Kier molecular flexibility index (Phi) is 3.51. The second-order valence-electron chi connectivity index (χ2n) is 5.18. The van der Waals surface area contributed by atoms with Crippen LogP contribution in [0, 0.1) is 5.92 Å². The van der Waals surface area contributed by atoms with E-state index in [0.717, 1.165) is 12.3 Å². The van der Waals surface area contributed by atoms with Gasteiger partial charge in [0.25, 0.3) is 0 Å². The quantitative estimate of drug-likeness (QED) is 0.887. The Balaban J connectivity index is 1.58. The summed E-state index contributed by atoms with van der Waals surface area (Å²) in [7, 11) is 0. The molecule has 3 rings (SSSR count). The topological polar surface area (TPSA) is 35.2 Å². The van der Waals surface area contributed by atoms with Crippen LogP contribution in [0.25, 0.3) is 0 Å². The van der Waals surface area contributed by atoms with Crippen molar-refractivity contribution in [2.45, 2.75) is 18.9 Å². The van der Waals surface area contributed by atoms with Gasteiger partial charge in [0.1, 0.15) is 12.4 Å². The van der Waals surface area contributed by atoms with Gasteiger partial charge in [-0.2, -0.15) is 0 Å². The molecule has 0 amide bonds. The predicted molar refractivity (Wildman–Crippen MR) is 77.1 cm³/mol. The van der Waals surface area contributed by atoms with Gasteiger partial charge < -0.3 is 10.5 Å². The molecule has 0 bridgehead atoms.